The smallest absolute Gasteiger partial charge is 0.193 e. The zero-order valence-electron chi connectivity index (χ0n) is 15.7. The quantitative estimate of drug-likeness (QED) is 0.513. The van der Waals surface area contributed by atoms with Crippen LogP contribution >= 0.6 is 0 Å². The molecule has 0 atom stereocenters. The predicted octanol–water partition coefficient (Wildman–Crippen LogP) is 3.79. The number of rotatable bonds is 6. The van der Waals surface area contributed by atoms with E-state index in [4.69, 9.17) is 19.9 Å². The first-order chi connectivity index (χ1) is 13.1. The average Bonchev–Trinajstić information content (AvgIpc) is 2.71. The van der Waals surface area contributed by atoms with Crippen LogP contribution in [0.5, 0.6) is 17.2 Å². The van der Waals surface area contributed by atoms with Crippen molar-refractivity contribution in [3.8, 4) is 17.2 Å². The zero-order valence-corrected chi connectivity index (χ0v) is 15.7. The van der Waals surface area contributed by atoms with E-state index in [1.807, 2.05) is 42.5 Å². The Kier molecular flexibility index (Phi) is 5.66. The molecule has 3 rings (SSSR count). The number of nitrogens with one attached hydrogen (secondary N) is 1. The molecule has 0 saturated heterocycles. The lowest BCUT2D eigenvalue weighted by Gasteiger charge is -2.12. The number of guanidine groups is 1. The molecule has 3 aromatic rings. The highest BCUT2D eigenvalue weighted by Gasteiger charge is 2.06. The summed E-state index contributed by atoms with van der Waals surface area (Å²) in [6.45, 7) is 0.465. The number of hydrogen-bond acceptors (Lipinski definition) is 4. The van der Waals surface area contributed by atoms with E-state index < -0.39 is 0 Å². The van der Waals surface area contributed by atoms with Crippen molar-refractivity contribution in [3.63, 3.8) is 0 Å². The lowest BCUT2D eigenvalue weighted by Crippen LogP contribution is -2.23. The molecule has 0 heterocycles. The van der Waals surface area contributed by atoms with Gasteiger partial charge in [-0.3, -0.25) is 0 Å². The first-order valence-corrected chi connectivity index (χ1v) is 8.48. The molecule has 0 spiro atoms. The molecule has 0 aliphatic rings. The number of hydrogen-bond donors (Lipinski definition) is 2. The van der Waals surface area contributed by atoms with Crippen LogP contribution in [0.1, 0.15) is 5.56 Å². The molecule has 0 saturated carbocycles. The second-order valence-corrected chi connectivity index (χ2v) is 5.94. The lowest BCUT2D eigenvalue weighted by atomic mass is 10.1. The minimum absolute atomic E-state index is 0.302. The highest BCUT2D eigenvalue weighted by atomic mass is 16.5. The highest BCUT2D eigenvalue weighted by Crippen LogP contribution is 2.28. The van der Waals surface area contributed by atoms with Crippen molar-refractivity contribution < 1.29 is 14.2 Å². The Morgan fingerprint density at radius 2 is 1.52 bits per heavy atom. The van der Waals surface area contributed by atoms with Gasteiger partial charge in [0.05, 0.1) is 33.6 Å². The van der Waals surface area contributed by atoms with Crippen LogP contribution in [0.4, 0.5) is 5.69 Å². The van der Waals surface area contributed by atoms with Gasteiger partial charge in [0.2, 0.25) is 0 Å². The van der Waals surface area contributed by atoms with E-state index in [1.165, 1.54) is 0 Å². The van der Waals surface area contributed by atoms with Gasteiger partial charge in [-0.15, -0.1) is 0 Å². The molecule has 0 unspecified atom stereocenters. The Labute approximate surface area is 158 Å². The lowest BCUT2D eigenvalue weighted by molar-refractivity contribution is 0.405. The fourth-order valence-electron chi connectivity index (χ4n) is 2.76. The van der Waals surface area contributed by atoms with Crippen molar-refractivity contribution in [1.82, 2.24) is 0 Å². The van der Waals surface area contributed by atoms with Crippen molar-refractivity contribution in [1.29, 1.82) is 0 Å². The van der Waals surface area contributed by atoms with Gasteiger partial charge in [0.15, 0.2) is 5.96 Å². The van der Waals surface area contributed by atoms with Gasteiger partial charge in [0, 0.05) is 6.07 Å². The van der Waals surface area contributed by atoms with E-state index in [9.17, 15) is 0 Å². The topological polar surface area (TPSA) is 78.1 Å². The monoisotopic (exact) mass is 365 g/mol. The van der Waals surface area contributed by atoms with Crippen LogP contribution < -0.4 is 25.3 Å². The van der Waals surface area contributed by atoms with Gasteiger partial charge in [-0.2, -0.15) is 0 Å². The maximum absolute atomic E-state index is 6.05. The van der Waals surface area contributed by atoms with Crippen molar-refractivity contribution in [2.75, 3.05) is 26.6 Å². The van der Waals surface area contributed by atoms with E-state index in [-0.39, 0.29) is 0 Å². The first-order valence-electron chi connectivity index (χ1n) is 8.48. The van der Waals surface area contributed by atoms with Crippen molar-refractivity contribution >= 4 is 22.4 Å². The maximum atomic E-state index is 6.05. The molecule has 27 heavy (non-hydrogen) atoms. The number of nitrogens with zero attached hydrogens (tertiary/aromatic N) is 1. The molecule has 0 amide bonds. The molecule has 0 aliphatic carbocycles. The average molecular weight is 365 g/mol. The summed E-state index contributed by atoms with van der Waals surface area (Å²) < 4.78 is 15.8. The fraction of sp³-hybridized carbons (Fsp3) is 0.190. The number of ether oxygens (including phenoxy) is 3. The Balaban J connectivity index is 1.74. The fourth-order valence-corrected chi connectivity index (χ4v) is 2.76. The second-order valence-electron chi connectivity index (χ2n) is 5.94. The molecule has 0 aliphatic heterocycles. The van der Waals surface area contributed by atoms with Gasteiger partial charge >= 0.3 is 0 Å². The van der Waals surface area contributed by atoms with Gasteiger partial charge in [-0.25, -0.2) is 4.99 Å². The summed E-state index contributed by atoms with van der Waals surface area (Å²) in [5.41, 5.74) is 7.81. The molecule has 140 valence electrons. The highest BCUT2D eigenvalue weighted by molar-refractivity contribution is 5.94. The summed E-state index contributed by atoms with van der Waals surface area (Å²) in [6, 6.07) is 17.6. The third kappa shape index (κ3) is 4.41. The largest absolute Gasteiger partial charge is 0.497 e. The number of fused-ring (bicyclic) bond motifs is 1. The van der Waals surface area contributed by atoms with E-state index >= 15 is 0 Å². The summed E-state index contributed by atoms with van der Waals surface area (Å²) in [7, 11) is 4.88. The number of methoxy groups -OCH3 is 3. The van der Waals surface area contributed by atoms with E-state index in [1.54, 1.807) is 21.3 Å². The van der Waals surface area contributed by atoms with Crippen molar-refractivity contribution in [3.05, 3.63) is 60.2 Å². The zero-order chi connectivity index (χ0) is 19.2. The Bertz CT molecular complexity index is 970. The Morgan fingerprint density at radius 1 is 0.852 bits per heavy atom. The van der Waals surface area contributed by atoms with E-state index in [0.717, 1.165) is 22.1 Å². The van der Waals surface area contributed by atoms with Gasteiger partial charge in [0.1, 0.15) is 17.2 Å². The van der Waals surface area contributed by atoms with Crippen LogP contribution in [0, 0.1) is 0 Å². The molecular formula is C21H23N3O3. The third-order valence-electron chi connectivity index (χ3n) is 4.21. The van der Waals surface area contributed by atoms with Crippen LogP contribution in [0.25, 0.3) is 10.8 Å². The minimum Gasteiger partial charge on any atom is -0.497 e. The predicted molar refractivity (Wildman–Crippen MR) is 109 cm³/mol. The van der Waals surface area contributed by atoms with Gasteiger partial charge < -0.3 is 25.3 Å². The van der Waals surface area contributed by atoms with Crippen LogP contribution in [0.2, 0.25) is 0 Å². The van der Waals surface area contributed by atoms with Gasteiger partial charge in [-0.1, -0.05) is 18.2 Å². The molecular weight excluding hydrogens is 342 g/mol. The van der Waals surface area contributed by atoms with Crippen LogP contribution in [-0.2, 0) is 6.54 Å². The summed E-state index contributed by atoms with van der Waals surface area (Å²) in [5.74, 6) is 2.51. The summed E-state index contributed by atoms with van der Waals surface area (Å²) in [4.78, 5) is 4.42. The van der Waals surface area contributed by atoms with Crippen LogP contribution in [-0.4, -0.2) is 27.3 Å². The van der Waals surface area contributed by atoms with Crippen molar-refractivity contribution in [2.24, 2.45) is 10.7 Å². The normalized spacial score (nSPS) is 11.3. The summed E-state index contributed by atoms with van der Waals surface area (Å²) >= 11 is 0. The SMILES string of the molecule is COc1ccc(OC)c(NC(N)=NCc2ccc3cc(OC)ccc3c2)c1. The van der Waals surface area contributed by atoms with E-state index in [2.05, 4.69) is 22.4 Å². The Hall–Kier alpha value is -3.41. The number of anilines is 1. The molecule has 6 nitrogen and oxygen atoms in total. The number of benzene rings is 3. The van der Waals surface area contributed by atoms with Gasteiger partial charge in [0.25, 0.3) is 0 Å². The maximum Gasteiger partial charge on any atom is 0.193 e. The molecule has 3 N–H and O–H groups in total. The first kappa shape index (κ1) is 18.4. The Morgan fingerprint density at radius 3 is 2.26 bits per heavy atom. The number of nitrogens with two attached hydrogens (primary N) is 1. The van der Waals surface area contributed by atoms with Gasteiger partial charge in [-0.05, 0) is 46.7 Å². The van der Waals surface area contributed by atoms with Crippen molar-refractivity contribution in [2.45, 2.75) is 6.54 Å². The minimum atomic E-state index is 0.302. The summed E-state index contributed by atoms with van der Waals surface area (Å²) in [6.07, 6.45) is 0. The third-order valence-corrected chi connectivity index (χ3v) is 4.21. The standard InChI is InChI=1S/C21H23N3O3/c1-25-17-7-6-15-10-14(4-5-16(15)11-17)13-23-21(22)24-19-12-18(26-2)8-9-20(19)27-3/h4-12H,13H2,1-3H3,(H3,22,23,24). The molecule has 0 fully saturated rings. The molecule has 6 heteroatoms. The second kappa shape index (κ2) is 8.31. The molecule has 0 bridgehead atoms. The van der Waals surface area contributed by atoms with Crippen LogP contribution in [0.3, 0.4) is 0 Å². The molecule has 0 radical (unpaired) electrons. The van der Waals surface area contributed by atoms with E-state index in [0.29, 0.717) is 29.7 Å². The number of aliphatic imine (C=N–C) groups is 1. The van der Waals surface area contributed by atoms with Crippen LogP contribution in [0.15, 0.2) is 59.6 Å². The molecule has 3 aromatic carbocycles. The summed E-state index contributed by atoms with van der Waals surface area (Å²) in [5, 5.41) is 5.31. The molecule has 0 aromatic heterocycles.